The highest BCUT2D eigenvalue weighted by molar-refractivity contribution is 6.30. The van der Waals surface area contributed by atoms with Crippen LogP contribution in [-0.4, -0.2) is 69.2 Å². The summed E-state index contributed by atoms with van der Waals surface area (Å²) in [5.74, 6) is 1.31. The Morgan fingerprint density at radius 1 is 1.10 bits per heavy atom. The molecule has 1 fully saturated rings. The van der Waals surface area contributed by atoms with Gasteiger partial charge in [0.25, 0.3) is 0 Å². The minimum atomic E-state index is -0.554. The van der Waals surface area contributed by atoms with E-state index >= 15 is 0 Å². The molecule has 0 unspecified atom stereocenters. The first kappa shape index (κ1) is 22.8. The molecular weight excluding hydrogens is 404 g/mol. The van der Waals surface area contributed by atoms with Gasteiger partial charge in [0.15, 0.2) is 11.5 Å². The molecule has 0 bridgehead atoms. The zero-order chi connectivity index (χ0) is 21.2. The van der Waals surface area contributed by atoms with E-state index in [0.717, 1.165) is 56.4 Å². The monoisotopic (exact) mass is 434 g/mol. The van der Waals surface area contributed by atoms with E-state index < -0.39 is 6.10 Å². The van der Waals surface area contributed by atoms with Gasteiger partial charge in [-0.25, -0.2) is 0 Å². The Balaban J connectivity index is 1.42. The molecule has 1 heterocycles. The van der Waals surface area contributed by atoms with E-state index in [-0.39, 0.29) is 6.61 Å². The van der Waals surface area contributed by atoms with Crippen LogP contribution < -0.4 is 14.8 Å². The zero-order valence-corrected chi connectivity index (χ0v) is 18.2. The smallest absolute Gasteiger partial charge is 0.161 e. The van der Waals surface area contributed by atoms with E-state index in [0.29, 0.717) is 18.0 Å². The molecule has 0 aromatic heterocycles. The van der Waals surface area contributed by atoms with Gasteiger partial charge in [-0.3, -0.25) is 4.90 Å². The molecule has 30 heavy (non-hydrogen) atoms. The molecule has 2 aromatic rings. The van der Waals surface area contributed by atoms with Crippen LogP contribution in [0.5, 0.6) is 11.5 Å². The highest BCUT2D eigenvalue weighted by Gasteiger charge is 2.16. The fraction of sp³-hybridized carbons (Fsp3) is 0.478. The lowest BCUT2D eigenvalue weighted by molar-refractivity contribution is 0.00445. The average Bonchev–Trinajstić information content (AvgIpc) is 2.77. The third-order valence-corrected chi connectivity index (χ3v) is 5.32. The lowest BCUT2D eigenvalue weighted by Crippen LogP contribution is -2.42. The number of nitrogens with one attached hydrogen (secondary N) is 1. The van der Waals surface area contributed by atoms with Crippen LogP contribution in [0.3, 0.4) is 0 Å². The number of rotatable bonds is 11. The van der Waals surface area contributed by atoms with Crippen LogP contribution in [0, 0.1) is 0 Å². The van der Waals surface area contributed by atoms with Gasteiger partial charge in [-0.15, -0.1) is 0 Å². The second-order valence-electron chi connectivity index (χ2n) is 7.42. The highest BCUT2D eigenvalue weighted by Crippen LogP contribution is 2.28. The van der Waals surface area contributed by atoms with Crippen LogP contribution in [0.15, 0.2) is 42.5 Å². The maximum Gasteiger partial charge on any atom is 0.161 e. The molecule has 0 saturated carbocycles. The van der Waals surface area contributed by atoms with Crippen molar-refractivity contribution in [3.63, 3.8) is 0 Å². The van der Waals surface area contributed by atoms with E-state index in [1.54, 1.807) is 7.11 Å². The number of ether oxygens (including phenoxy) is 3. The highest BCUT2D eigenvalue weighted by atomic mass is 35.5. The van der Waals surface area contributed by atoms with Crippen LogP contribution in [0.25, 0.3) is 0 Å². The van der Waals surface area contributed by atoms with Gasteiger partial charge in [-0.1, -0.05) is 29.8 Å². The van der Waals surface area contributed by atoms with Gasteiger partial charge in [0.2, 0.25) is 0 Å². The molecule has 2 aromatic carbocycles. The van der Waals surface area contributed by atoms with Crippen molar-refractivity contribution in [2.75, 3.05) is 53.1 Å². The van der Waals surface area contributed by atoms with Crippen LogP contribution in [0.1, 0.15) is 11.1 Å². The molecular formula is C23H31ClN2O4. The van der Waals surface area contributed by atoms with E-state index in [1.807, 2.05) is 42.5 Å². The van der Waals surface area contributed by atoms with Gasteiger partial charge in [-0.2, -0.15) is 0 Å². The maximum absolute atomic E-state index is 10.3. The zero-order valence-electron chi connectivity index (χ0n) is 17.5. The SMILES string of the molecule is COc1cc(CNCCc2ccc(Cl)cc2)ccc1OC[C@@H](O)CN1CCOCC1. The van der Waals surface area contributed by atoms with Gasteiger partial charge in [0.1, 0.15) is 12.7 Å². The number of morpholine rings is 1. The second-order valence-corrected chi connectivity index (χ2v) is 7.85. The first-order valence-corrected chi connectivity index (χ1v) is 10.7. The number of nitrogens with zero attached hydrogens (tertiary/aromatic N) is 1. The van der Waals surface area contributed by atoms with Gasteiger partial charge in [-0.05, 0) is 48.4 Å². The Labute approximate surface area is 183 Å². The third kappa shape index (κ3) is 7.45. The first-order valence-electron chi connectivity index (χ1n) is 10.4. The predicted molar refractivity (Wildman–Crippen MR) is 119 cm³/mol. The standard InChI is InChI=1S/C23H31ClN2O4/c1-28-23-14-19(15-25-9-8-18-2-5-20(24)6-3-18)4-7-22(23)30-17-21(27)16-26-10-12-29-13-11-26/h2-7,14,21,25,27H,8-13,15-17H2,1H3/t21-/m0/s1. The summed E-state index contributed by atoms with van der Waals surface area (Å²) in [5, 5.41) is 14.5. The number of β-amino-alcohol motifs (C(OH)–C–C–N with tert-alkyl or cyclic N) is 1. The summed E-state index contributed by atoms with van der Waals surface area (Å²) in [6.45, 7) is 5.56. The van der Waals surface area contributed by atoms with Crippen LogP contribution in [0.4, 0.5) is 0 Å². The Morgan fingerprint density at radius 2 is 1.83 bits per heavy atom. The lowest BCUT2D eigenvalue weighted by Gasteiger charge is -2.28. The molecule has 7 heteroatoms. The topological polar surface area (TPSA) is 63.2 Å². The Bertz CT molecular complexity index is 766. The summed E-state index contributed by atoms with van der Waals surface area (Å²) >= 11 is 5.92. The first-order chi connectivity index (χ1) is 14.6. The van der Waals surface area contributed by atoms with E-state index in [2.05, 4.69) is 10.2 Å². The predicted octanol–water partition coefficient (Wildman–Crippen LogP) is 2.75. The van der Waals surface area contributed by atoms with Gasteiger partial charge in [0.05, 0.1) is 20.3 Å². The van der Waals surface area contributed by atoms with Gasteiger partial charge >= 0.3 is 0 Å². The summed E-state index contributed by atoms with van der Waals surface area (Å²) in [5.41, 5.74) is 2.37. The molecule has 1 atom stereocenters. The van der Waals surface area contributed by atoms with Crippen molar-refractivity contribution in [3.05, 3.63) is 58.6 Å². The van der Waals surface area contributed by atoms with Crippen molar-refractivity contribution < 1.29 is 19.3 Å². The van der Waals surface area contributed by atoms with Crippen LogP contribution >= 0.6 is 11.6 Å². The molecule has 1 aliphatic heterocycles. The van der Waals surface area contributed by atoms with Gasteiger partial charge in [0, 0.05) is 31.2 Å². The number of aliphatic hydroxyl groups excluding tert-OH is 1. The molecule has 3 rings (SSSR count). The number of methoxy groups -OCH3 is 1. The van der Waals surface area contributed by atoms with Crippen molar-refractivity contribution >= 4 is 11.6 Å². The number of aliphatic hydroxyl groups is 1. The van der Waals surface area contributed by atoms with E-state index in [4.69, 9.17) is 25.8 Å². The molecule has 1 aliphatic rings. The molecule has 2 N–H and O–H groups in total. The minimum absolute atomic E-state index is 0.229. The lowest BCUT2D eigenvalue weighted by atomic mass is 10.1. The Hall–Kier alpha value is -1.83. The Kier molecular flexibility index (Phi) is 9.24. The molecule has 6 nitrogen and oxygen atoms in total. The largest absolute Gasteiger partial charge is 0.493 e. The van der Waals surface area contributed by atoms with Crippen molar-refractivity contribution in [1.82, 2.24) is 10.2 Å². The molecule has 0 aliphatic carbocycles. The average molecular weight is 435 g/mol. The maximum atomic E-state index is 10.3. The van der Waals surface area contributed by atoms with Crippen molar-refractivity contribution in [2.45, 2.75) is 19.1 Å². The molecule has 1 saturated heterocycles. The van der Waals surface area contributed by atoms with Crippen molar-refractivity contribution in [2.24, 2.45) is 0 Å². The molecule has 0 amide bonds. The molecule has 0 spiro atoms. The third-order valence-electron chi connectivity index (χ3n) is 5.06. The fourth-order valence-corrected chi connectivity index (χ4v) is 3.50. The fourth-order valence-electron chi connectivity index (χ4n) is 3.38. The normalized spacial score (nSPS) is 15.7. The van der Waals surface area contributed by atoms with Crippen LogP contribution in [-0.2, 0) is 17.7 Å². The van der Waals surface area contributed by atoms with Crippen LogP contribution in [0.2, 0.25) is 5.02 Å². The number of hydrogen-bond donors (Lipinski definition) is 2. The summed E-state index contributed by atoms with van der Waals surface area (Å²) in [4.78, 5) is 2.19. The minimum Gasteiger partial charge on any atom is -0.493 e. The van der Waals surface area contributed by atoms with Gasteiger partial charge < -0.3 is 24.6 Å². The van der Waals surface area contributed by atoms with Crippen molar-refractivity contribution in [3.8, 4) is 11.5 Å². The quantitative estimate of drug-likeness (QED) is 0.530. The van der Waals surface area contributed by atoms with E-state index in [1.165, 1.54) is 5.56 Å². The molecule has 164 valence electrons. The number of hydrogen-bond acceptors (Lipinski definition) is 6. The second kappa shape index (κ2) is 12.1. The number of halogens is 1. The summed E-state index contributed by atoms with van der Waals surface area (Å²) in [7, 11) is 1.63. The summed E-state index contributed by atoms with van der Waals surface area (Å²) < 4.78 is 16.6. The summed E-state index contributed by atoms with van der Waals surface area (Å²) in [6.07, 6.45) is 0.387. The molecule has 0 radical (unpaired) electrons. The Morgan fingerprint density at radius 3 is 2.57 bits per heavy atom. The summed E-state index contributed by atoms with van der Waals surface area (Å²) in [6, 6.07) is 13.8. The number of benzene rings is 2. The van der Waals surface area contributed by atoms with Crippen molar-refractivity contribution in [1.29, 1.82) is 0 Å². The van der Waals surface area contributed by atoms with E-state index in [9.17, 15) is 5.11 Å².